The van der Waals surface area contributed by atoms with Crippen LogP contribution in [0.1, 0.15) is 66.2 Å². The Morgan fingerprint density at radius 2 is 1.92 bits per heavy atom. The maximum Gasteiger partial charge on any atom is 0.142 e. The lowest BCUT2D eigenvalue weighted by atomic mass is 9.44. The number of ketones is 1. The molecule has 4 heteroatoms. The molecule has 8 atom stereocenters. The minimum Gasteiger partial charge on any atom is -0.393 e. The average Bonchev–Trinajstić information content (AvgIpc) is 3.02. The number of aliphatic hydroxyl groups excluding tert-OH is 1. The number of halogens is 1. The number of methoxy groups -OCH3 is 1. The highest BCUT2D eigenvalue weighted by atomic mass is 35.5. The molecule has 0 saturated heterocycles. The van der Waals surface area contributed by atoms with Gasteiger partial charge in [0.25, 0.3) is 0 Å². The van der Waals surface area contributed by atoms with Crippen LogP contribution in [-0.2, 0) is 9.53 Å². The third kappa shape index (κ3) is 2.64. The minimum absolute atomic E-state index is 0.0132. The number of Topliss-reactive ketones (excluding diaryl/α,β-unsaturated/α-hetero) is 1. The highest BCUT2D eigenvalue weighted by Gasteiger charge is 2.67. The van der Waals surface area contributed by atoms with Crippen molar-refractivity contribution in [2.75, 3.05) is 7.11 Å². The first-order valence-corrected chi connectivity index (χ1v) is 10.6. The molecular formula is C22H35ClO3. The van der Waals surface area contributed by atoms with Crippen molar-refractivity contribution in [1.29, 1.82) is 0 Å². The Bertz CT molecular complexity index is 590. The summed E-state index contributed by atoms with van der Waals surface area (Å²) in [6, 6.07) is 0. The van der Waals surface area contributed by atoms with Crippen LogP contribution in [0.5, 0.6) is 0 Å². The van der Waals surface area contributed by atoms with Crippen LogP contribution in [0.4, 0.5) is 0 Å². The van der Waals surface area contributed by atoms with Crippen molar-refractivity contribution in [3.63, 3.8) is 0 Å². The first-order valence-electron chi connectivity index (χ1n) is 10.2. The molecule has 0 aromatic rings. The number of rotatable bonds is 3. The fraction of sp³-hybridized carbons (Fsp3) is 0.864. The van der Waals surface area contributed by atoms with Crippen molar-refractivity contribution in [2.45, 2.75) is 78.4 Å². The van der Waals surface area contributed by atoms with Crippen LogP contribution >= 0.6 is 11.6 Å². The van der Waals surface area contributed by atoms with Crippen LogP contribution in [-0.4, -0.2) is 30.2 Å². The zero-order valence-corrected chi connectivity index (χ0v) is 17.7. The molecule has 3 nitrogen and oxygen atoms in total. The van der Waals surface area contributed by atoms with Crippen molar-refractivity contribution in [1.82, 2.24) is 0 Å². The summed E-state index contributed by atoms with van der Waals surface area (Å²) in [5.74, 6) is 0.941. The number of allylic oxidation sites excluding steroid dienone is 1. The number of ether oxygens (including phenoxy) is 1. The van der Waals surface area contributed by atoms with Crippen molar-refractivity contribution in [3.05, 3.63) is 11.6 Å². The Morgan fingerprint density at radius 1 is 1.27 bits per heavy atom. The van der Waals surface area contributed by atoms with Crippen LogP contribution in [0, 0.1) is 34.0 Å². The highest BCUT2D eigenvalue weighted by molar-refractivity contribution is 6.25. The van der Waals surface area contributed by atoms with Gasteiger partial charge in [-0.3, -0.25) is 4.79 Å². The predicted octanol–water partition coefficient (Wildman–Crippen LogP) is 4.95. The van der Waals surface area contributed by atoms with Gasteiger partial charge in [-0.15, -0.1) is 0 Å². The standard InChI is InChI=1S/C22H35ClO3/c1-14-7-10-22-11-8-16(26-5)18(22)21(14,4)17(24)13-20(3,9-6-12-23)19(25)15(22)2/h6,12,14-18,24H,7-11,13H2,1-5H3/b12-6+/t14-,15+,16-,17-,18?,20-,21+,22?/m1/s1. The van der Waals surface area contributed by atoms with Crippen LogP contribution in [0.2, 0.25) is 0 Å². The van der Waals surface area contributed by atoms with Gasteiger partial charge in [0.2, 0.25) is 0 Å². The normalized spacial score (nSPS) is 52.0. The number of aliphatic hydroxyl groups is 1. The molecule has 0 spiro atoms. The van der Waals surface area contributed by atoms with Gasteiger partial charge >= 0.3 is 0 Å². The van der Waals surface area contributed by atoms with Crippen LogP contribution < -0.4 is 0 Å². The Kier molecular flexibility index (Phi) is 5.40. The van der Waals surface area contributed by atoms with Gasteiger partial charge in [0.05, 0.1) is 12.2 Å². The molecule has 148 valence electrons. The number of carbonyl (C=O) groups is 1. The molecule has 3 rings (SSSR count). The van der Waals surface area contributed by atoms with Gasteiger partial charge in [-0.25, -0.2) is 0 Å². The molecule has 2 unspecified atom stereocenters. The molecule has 2 bridgehead atoms. The lowest BCUT2D eigenvalue weighted by Crippen LogP contribution is -2.62. The van der Waals surface area contributed by atoms with E-state index in [1.165, 1.54) is 5.54 Å². The SMILES string of the molecule is CO[C@@H]1CCC23CC[C@@H](C)[C@](C)(C12)[C@H](O)C[C@@](C)(C/C=C/Cl)C(=O)[C@@H]3C. The summed E-state index contributed by atoms with van der Waals surface area (Å²) in [6.45, 7) is 8.71. The molecule has 3 fully saturated rings. The molecule has 1 N–H and O–H groups in total. The molecule has 3 saturated carbocycles. The fourth-order valence-electron chi connectivity index (χ4n) is 7.02. The van der Waals surface area contributed by atoms with Gasteiger partial charge in [-0.1, -0.05) is 45.4 Å². The summed E-state index contributed by atoms with van der Waals surface area (Å²) < 4.78 is 5.92. The Morgan fingerprint density at radius 3 is 2.54 bits per heavy atom. The van der Waals surface area contributed by atoms with E-state index < -0.39 is 11.5 Å². The van der Waals surface area contributed by atoms with E-state index in [9.17, 15) is 9.90 Å². The third-order valence-corrected chi connectivity index (χ3v) is 9.01. The number of hydrogen-bond donors (Lipinski definition) is 1. The molecule has 3 aliphatic carbocycles. The molecule has 0 aromatic heterocycles. The molecule has 0 radical (unpaired) electrons. The van der Waals surface area contributed by atoms with Gasteiger partial charge in [-0.05, 0) is 55.8 Å². The molecule has 0 heterocycles. The maximum atomic E-state index is 13.7. The van der Waals surface area contributed by atoms with Crippen LogP contribution in [0.3, 0.4) is 0 Å². The molecule has 0 aromatic carbocycles. The van der Waals surface area contributed by atoms with E-state index in [0.29, 0.717) is 24.5 Å². The van der Waals surface area contributed by atoms with Crippen molar-refractivity contribution < 1.29 is 14.6 Å². The van der Waals surface area contributed by atoms with E-state index in [1.807, 2.05) is 13.0 Å². The van der Waals surface area contributed by atoms with Gasteiger partial charge in [0.1, 0.15) is 5.78 Å². The zero-order chi connectivity index (χ0) is 19.3. The second-order valence-electron chi connectivity index (χ2n) is 9.76. The third-order valence-electron chi connectivity index (χ3n) is 8.83. The van der Waals surface area contributed by atoms with Crippen molar-refractivity contribution in [3.8, 4) is 0 Å². The molecule has 3 aliphatic rings. The largest absolute Gasteiger partial charge is 0.393 e. The number of carbonyl (C=O) groups excluding carboxylic acids is 1. The van der Waals surface area contributed by atoms with Gasteiger partial charge in [0.15, 0.2) is 0 Å². The van der Waals surface area contributed by atoms with Crippen molar-refractivity contribution >= 4 is 17.4 Å². The van der Waals surface area contributed by atoms with Gasteiger partial charge < -0.3 is 9.84 Å². The first-order chi connectivity index (χ1) is 12.2. The van der Waals surface area contributed by atoms with E-state index in [0.717, 1.165) is 25.7 Å². The van der Waals surface area contributed by atoms with Gasteiger partial charge in [0, 0.05) is 29.4 Å². The van der Waals surface area contributed by atoms with E-state index in [2.05, 4.69) is 20.8 Å². The summed E-state index contributed by atoms with van der Waals surface area (Å²) in [6.07, 6.45) is 6.75. The lowest BCUT2D eigenvalue weighted by Gasteiger charge is -2.61. The predicted molar refractivity (Wildman–Crippen MR) is 105 cm³/mol. The average molecular weight is 383 g/mol. The Balaban J connectivity index is 2.15. The second-order valence-corrected chi connectivity index (χ2v) is 10.0. The number of hydrogen-bond acceptors (Lipinski definition) is 3. The quantitative estimate of drug-likeness (QED) is 0.750. The van der Waals surface area contributed by atoms with Crippen LogP contribution in [0.15, 0.2) is 11.6 Å². The fourth-order valence-corrected chi connectivity index (χ4v) is 7.11. The summed E-state index contributed by atoms with van der Waals surface area (Å²) in [4.78, 5) is 13.7. The van der Waals surface area contributed by atoms with E-state index in [4.69, 9.17) is 16.3 Å². The van der Waals surface area contributed by atoms with Crippen molar-refractivity contribution in [2.24, 2.45) is 34.0 Å². The summed E-state index contributed by atoms with van der Waals surface area (Å²) in [5, 5.41) is 11.5. The van der Waals surface area contributed by atoms with E-state index in [1.54, 1.807) is 7.11 Å². The molecule has 0 amide bonds. The lowest BCUT2D eigenvalue weighted by molar-refractivity contribution is -0.191. The summed E-state index contributed by atoms with van der Waals surface area (Å²) in [7, 11) is 1.79. The summed E-state index contributed by atoms with van der Waals surface area (Å²) in [5.41, 5.74) is 0.658. The Hall–Kier alpha value is -0.380. The smallest absolute Gasteiger partial charge is 0.142 e. The topological polar surface area (TPSA) is 46.5 Å². The summed E-state index contributed by atoms with van der Waals surface area (Å²) >= 11 is 5.78. The maximum absolute atomic E-state index is 13.7. The molecule has 0 aliphatic heterocycles. The highest BCUT2D eigenvalue weighted by Crippen LogP contribution is 2.68. The second kappa shape index (κ2) is 6.90. The zero-order valence-electron chi connectivity index (χ0n) is 16.9. The van der Waals surface area contributed by atoms with Crippen LogP contribution in [0.25, 0.3) is 0 Å². The van der Waals surface area contributed by atoms with Gasteiger partial charge in [-0.2, -0.15) is 0 Å². The minimum atomic E-state index is -0.564. The first kappa shape index (κ1) is 20.4. The molecule has 26 heavy (non-hydrogen) atoms. The van der Waals surface area contributed by atoms with E-state index >= 15 is 0 Å². The molecular weight excluding hydrogens is 348 g/mol. The monoisotopic (exact) mass is 382 g/mol. The van der Waals surface area contributed by atoms with E-state index in [-0.39, 0.29) is 28.8 Å². The Labute approximate surface area is 163 Å².